The molecule has 2 rings (SSSR count). The number of carbonyl (C=O) groups is 1. The number of aromatic nitrogens is 2. The lowest BCUT2D eigenvalue weighted by Crippen LogP contribution is -2.38. The molecule has 1 aliphatic rings. The number of nitrogens with zero attached hydrogens (tertiary/aromatic N) is 2. The van der Waals surface area contributed by atoms with Crippen molar-refractivity contribution in [2.45, 2.75) is 25.8 Å². The first-order chi connectivity index (χ1) is 9.78. The molecule has 1 aromatic rings. The minimum Gasteiger partial charge on any atom is -0.463 e. The van der Waals surface area contributed by atoms with Gasteiger partial charge in [0.25, 0.3) is 0 Å². The second kappa shape index (κ2) is 11.2. The average molecular weight is 349 g/mol. The molecule has 8 heteroatoms. The van der Waals surface area contributed by atoms with Gasteiger partial charge < -0.3 is 15.4 Å². The lowest BCUT2D eigenvalue weighted by Gasteiger charge is -2.24. The molecule has 1 aromatic heterocycles. The molecule has 0 bridgehead atoms. The van der Waals surface area contributed by atoms with Crippen LogP contribution >= 0.6 is 24.8 Å². The molecule has 0 saturated carbocycles. The number of piperidine rings is 1. The highest BCUT2D eigenvalue weighted by molar-refractivity contribution is 5.86. The predicted octanol–water partition coefficient (Wildman–Crippen LogP) is 2.06. The van der Waals surface area contributed by atoms with Crippen molar-refractivity contribution in [1.29, 1.82) is 0 Å². The topological polar surface area (TPSA) is 76.1 Å². The summed E-state index contributed by atoms with van der Waals surface area (Å²) in [6.07, 6.45) is 8.57. The van der Waals surface area contributed by atoms with Gasteiger partial charge in [0.15, 0.2) is 0 Å². The van der Waals surface area contributed by atoms with Crippen LogP contribution in [0.5, 0.6) is 0 Å². The molecule has 1 atom stereocenters. The van der Waals surface area contributed by atoms with E-state index in [1.165, 1.54) is 12.5 Å². The van der Waals surface area contributed by atoms with E-state index in [9.17, 15) is 4.79 Å². The van der Waals surface area contributed by atoms with Crippen LogP contribution in [0.2, 0.25) is 0 Å². The van der Waals surface area contributed by atoms with Crippen molar-refractivity contribution >= 4 is 42.7 Å². The molecular weight excluding hydrogens is 327 g/mol. The molecule has 0 radical (unpaired) electrons. The van der Waals surface area contributed by atoms with Crippen molar-refractivity contribution in [2.24, 2.45) is 0 Å². The third kappa shape index (κ3) is 7.06. The van der Waals surface area contributed by atoms with E-state index in [0.29, 0.717) is 18.3 Å². The Kier molecular flexibility index (Phi) is 10.5. The van der Waals surface area contributed by atoms with Gasteiger partial charge in [-0.3, -0.25) is 4.98 Å². The van der Waals surface area contributed by atoms with Gasteiger partial charge in [0.2, 0.25) is 0 Å². The zero-order chi connectivity index (χ0) is 14.2. The summed E-state index contributed by atoms with van der Waals surface area (Å²) in [7, 11) is 0. The normalized spacial score (nSPS) is 17.2. The van der Waals surface area contributed by atoms with E-state index in [4.69, 9.17) is 4.74 Å². The van der Waals surface area contributed by atoms with E-state index in [1.807, 2.05) is 0 Å². The Balaban J connectivity index is 0.00000220. The third-order valence-electron chi connectivity index (χ3n) is 3.00. The molecule has 6 nitrogen and oxygen atoms in total. The van der Waals surface area contributed by atoms with Crippen molar-refractivity contribution in [3.63, 3.8) is 0 Å². The van der Waals surface area contributed by atoms with Gasteiger partial charge in [-0.1, -0.05) is 0 Å². The number of hydrogen-bond donors (Lipinski definition) is 2. The standard InChI is InChI=1S/C14H20N4O2.2ClH/c1-2-20-14(19)6-5-11-9-17-13(10-16-11)18-12-4-3-7-15-8-12;;/h5-6,9-10,12,15H,2-4,7-8H2,1H3,(H,17,18);2*1H/b6-5+;;/t12-;;/m1../s1. The van der Waals surface area contributed by atoms with E-state index in [1.54, 1.807) is 25.4 Å². The largest absolute Gasteiger partial charge is 0.463 e. The van der Waals surface area contributed by atoms with Crippen LogP contribution in [-0.4, -0.2) is 41.7 Å². The molecule has 2 heterocycles. The molecule has 0 aliphatic carbocycles. The van der Waals surface area contributed by atoms with Crippen LogP contribution in [0.1, 0.15) is 25.5 Å². The number of halogens is 2. The number of anilines is 1. The van der Waals surface area contributed by atoms with Gasteiger partial charge in [-0.15, -0.1) is 24.8 Å². The Bertz CT molecular complexity index is 462. The fourth-order valence-corrected chi connectivity index (χ4v) is 2.03. The summed E-state index contributed by atoms with van der Waals surface area (Å²) in [4.78, 5) is 19.7. The summed E-state index contributed by atoms with van der Waals surface area (Å²) in [6, 6.07) is 0.402. The molecule has 1 aliphatic heterocycles. The zero-order valence-electron chi connectivity index (χ0n) is 12.4. The number of hydrogen-bond acceptors (Lipinski definition) is 6. The van der Waals surface area contributed by atoms with Crippen LogP contribution in [0.4, 0.5) is 5.82 Å². The zero-order valence-corrected chi connectivity index (χ0v) is 14.1. The van der Waals surface area contributed by atoms with E-state index in [2.05, 4.69) is 20.6 Å². The maximum absolute atomic E-state index is 11.2. The Morgan fingerprint density at radius 3 is 2.86 bits per heavy atom. The molecule has 0 spiro atoms. The van der Waals surface area contributed by atoms with E-state index >= 15 is 0 Å². The van der Waals surface area contributed by atoms with Gasteiger partial charge in [0.05, 0.1) is 24.7 Å². The first-order valence-corrected chi connectivity index (χ1v) is 6.92. The first-order valence-electron chi connectivity index (χ1n) is 6.92. The van der Waals surface area contributed by atoms with Crippen molar-refractivity contribution in [3.8, 4) is 0 Å². The average Bonchev–Trinajstić information content (AvgIpc) is 2.48. The summed E-state index contributed by atoms with van der Waals surface area (Å²) >= 11 is 0. The highest BCUT2D eigenvalue weighted by Gasteiger charge is 2.12. The Morgan fingerprint density at radius 2 is 2.27 bits per heavy atom. The van der Waals surface area contributed by atoms with Gasteiger partial charge >= 0.3 is 5.97 Å². The van der Waals surface area contributed by atoms with Crippen LogP contribution in [0.3, 0.4) is 0 Å². The minimum absolute atomic E-state index is 0. The summed E-state index contributed by atoms with van der Waals surface area (Å²) in [5.74, 6) is 0.386. The fraction of sp³-hybridized carbons (Fsp3) is 0.500. The smallest absolute Gasteiger partial charge is 0.330 e. The number of ether oxygens (including phenoxy) is 1. The Hall–Kier alpha value is -1.37. The summed E-state index contributed by atoms with van der Waals surface area (Å²) in [6.45, 7) is 4.17. The molecular formula is C14H22Cl2N4O2. The maximum Gasteiger partial charge on any atom is 0.330 e. The van der Waals surface area contributed by atoms with Crippen LogP contribution in [0, 0.1) is 0 Å². The Labute approximate surface area is 143 Å². The molecule has 0 unspecified atom stereocenters. The highest BCUT2D eigenvalue weighted by atomic mass is 35.5. The van der Waals surface area contributed by atoms with Gasteiger partial charge in [-0.25, -0.2) is 9.78 Å². The highest BCUT2D eigenvalue weighted by Crippen LogP contribution is 2.09. The minimum atomic E-state index is -0.371. The second-order valence-corrected chi connectivity index (χ2v) is 4.60. The molecule has 124 valence electrons. The molecule has 0 aromatic carbocycles. The second-order valence-electron chi connectivity index (χ2n) is 4.60. The monoisotopic (exact) mass is 348 g/mol. The number of nitrogens with one attached hydrogen (secondary N) is 2. The van der Waals surface area contributed by atoms with E-state index in [-0.39, 0.29) is 30.8 Å². The van der Waals surface area contributed by atoms with Gasteiger partial charge in [0.1, 0.15) is 5.82 Å². The maximum atomic E-state index is 11.2. The van der Waals surface area contributed by atoms with E-state index in [0.717, 1.165) is 25.3 Å². The SMILES string of the molecule is CCOC(=O)/C=C/c1cnc(N[C@@H]2CCCNC2)cn1.Cl.Cl. The van der Waals surface area contributed by atoms with Crippen LogP contribution < -0.4 is 10.6 Å². The van der Waals surface area contributed by atoms with Crippen LogP contribution in [0.25, 0.3) is 6.08 Å². The van der Waals surface area contributed by atoms with Gasteiger partial charge in [0, 0.05) is 18.7 Å². The quantitative estimate of drug-likeness (QED) is 0.626. The molecule has 1 saturated heterocycles. The van der Waals surface area contributed by atoms with E-state index < -0.39 is 0 Å². The lowest BCUT2D eigenvalue weighted by atomic mass is 10.1. The van der Waals surface area contributed by atoms with Crippen molar-refractivity contribution in [2.75, 3.05) is 25.0 Å². The first kappa shape index (κ1) is 20.6. The van der Waals surface area contributed by atoms with Crippen LogP contribution in [-0.2, 0) is 9.53 Å². The van der Waals surface area contributed by atoms with Crippen molar-refractivity contribution in [3.05, 3.63) is 24.2 Å². The van der Waals surface area contributed by atoms with Crippen LogP contribution in [0.15, 0.2) is 18.5 Å². The number of carbonyl (C=O) groups excluding carboxylic acids is 1. The van der Waals surface area contributed by atoms with Crippen molar-refractivity contribution in [1.82, 2.24) is 15.3 Å². The Morgan fingerprint density at radius 1 is 1.45 bits per heavy atom. The molecule has 0 amide bonds. The molecule has 1 fully saturated rings. The summed E-state index contributed by atoms with van der Waals surface area (Å²) in [5, 5.41) is 6.68. The summed E-state index contributed by atoms with van der Waals surface area (Å²) in [5.41, 5.74) is 0.630. The number of esters is 1. The molecule has 2 N–H and O–H groups in total. The predicted molar refractivity (Wildman–Crippen MR) is 91.7 cm³/mol. The number of rotatable bonds is 5. The third-order valence-corrected chi connectivity index (χ3v) is 3.00. The van der Waals surface area contributed by atoms with Gasteiger partial charge in [-0.05, 0) is 32.4 Å². The molecule has 22 heavy (non-hydrogen) atoms. The summed E-state index contributed by atoms with van der Waals surface area (Å²) < 4.78 is 4.79. The van der Waals surface area contributed by atoms with Gasteiger partial charge in [-0.2, -0.15) is 0 Å². The lowest BCUT2D eigenvalue weighted by molar-refractivity contribution is -0.137. The fourth-order valence-electron chi connectivity index (χ4n) is 2.03. The van der Waals surface area contributed by atoms with Crippen molar-refractivity contribution < 1.29 is 9.53 Å².